The van der Waals surface area contributed by atoms with Gasteiger partial charge in [0.05, 0.1) is 5.69 Å². The van der Waals surface area contributed by atoms with Crippen molar-refractivity contribution >= 4 is 11.8 Å². The first-order valence-electron chi connectivity index (χ1n) is 5.03. The van der Waals surface area contributed by atoms with Crippen LogP contribution in [-0.4, -0.2) is 16.5 Å². The fraction of sp³-hybridized carbons (Fsp3) is 0.273. The van der Waals surface area contributed by atoms with Gasteiger partial charge in [-0.05, 0) is 43.3 Å². The SMILES string of the molecule is Cc1coc(Sc2ccc(CCN)cn2)n1. The molecule has 0 amide bonds. The molecule has 0 bridgehead atoms. The van der Waals surface area contributed by atoms with E-state index in [1.807, 2.05) is 25.3 Å². The van der Waals surface area contributed by atoms with Crippen LogP contribution in [0.1, 0.15) is 11.3 Å². The van der Waals surface area contributed by atoms with E-state index in [1.165, 1.54) is 11.8 Å². The quantitative estimate of drug-likeness (QED) is 0.878. The third-order valence-corrected chi connectivity index (χ3v) is 2.83. The molecule has 0 fully saturated rings. The van der Waals surface area contributed by atoms with Crippen molar-refractivity contribution in [3.63, 3.8) is 0 Å². The first-order chi connectivity index (χ1) is 7.78. The van der Waals surface area contributed by atoms with Crippen LogP contribution in [0.4, 0.5) is 0 Å². The van der Waals surface area contributed by atoms with E-state index in [4.69, 9.17) is 10.2 Å². The largest absolute Gasteiger partial charge is 0.439 e. The zero-order valence-electron chi connectivity index (χ0n) is 9.01. The Balaban J connectivity index is 2.05. The molecular weight excluding hydrogens is 222 g/mol. The Morgan fingerprint density at radius 2 is 2.31 bits per heavy atom. The van der Waals surface area contributed by atoms with E-state index in [0.717, 1.165) is 22.7 Å². The maximum atomic E-state index is 5.47. The van der Waals surface area contributed by atoms with Crippen LogP contribution >= 0.6 is 11.8 Å². The highest BCUT2D eigenvalue weighted by Gasteiger charge is 2.04. The highest BCUT2D eigenvalue weighted by molar-refractivity contribution is 7.99. The molecule has 0 spiro atoms. The van der Waals surface area contributed by atoms with Crippen molar-refractivity contribution < 1.29 is 4.42 Å². The Morgan fingerprint density at radius 3 is 2.88 bits per heavy atom. The third kappa shape index (κ3) is 2.84. The molecule has 2 rings (SSSR count). The highest BCUT2D eigenvalue weighted by Crippen LogP contribution is 2.24. The smallest absolute Gasteiger partial charge is 0.262 e. The maximum absolute atomic E-state index is 5.47. The van der Waals surface area contributed by atoms with Crippen LogP contribution < -0.4 is 5.73 Å². The van der Waals surface area contributed by atoms with Gasteiger partial charge in [-0.15, -0.1) is 0 Å². The fourth-order valence-corrected chi connectivity index (χ4v) is 1.96. The summed E-state index contributed by atoms with van der Waals surface area (Å²) in [6, 6.07) is 3.98. The molecule has 0 aromatic carbocycles. The molecule has 2 aromatic rings. The molecule has 0 aliphatic heterocycles. The van der Waals surface area contributed by atoms with Gasteiger partial charge in [0.25, 0.3) is 5.22 Å². The van der Waals surface area contributed by atoms with Crippen molar-refractivity contribution in [2.24, 2.45) is 5.73 Å². The van der Waals surface area contributed by atoms with E-state index in [9.17, 15) is 0 Å². The molecule has 2 N–H and O–H groups in total. The van der Waals surface area contributed by atoms with Crippen molar-refractivity contribution in [2.45, 2.75) is 23.6 Å². The molecular formula is C11H13N3OS. The summed E-state index contributed by atoms with van der Waals surface area (Å²) in [7, 11) is 0. The Labute approximate surface area is 98.3 Å². The average Bonchev–Trinajstić information content (AvgIpc) is 2.67. The molecule has 0 aliphatic rings. The van der Waals surface area contributed by atoms with Crippen molar-refractivity contribution in [3.8, 4) is 0 Å². The molecule has 0 aliphatic carbocycles. The Hall–Kier alpha value is -1.33. The fourth-order valence-electron chi connectivity index (χ4n) is 1.25. The van der Waals surface area contributed by atoms with Crippen LogP contribution in [0.3, 0.4) is 0 Å². The Bertz CT molecular complexity index is 453. The molecule has 2 heterocycles. The number of nitrogens with zero attached hydrogens (tertiary/aromatic N) is 2. The van der Waals surface area contributed by atoms with E-state index in [1.54, 1.807) is 6.26 Å². The second-order valence-electron chi connectivity index (χ2n) is 3.40. The predicted molar refractivity (Wildman–Crippen MR) is 62.4 cm³/mol. The number of nitrogens with two attached hydrogens (primary N) is 1. The van der Waals surface area contributed by atoms with Gasteiger partial charge in [-0.1, -0.05) is 6.07 Å². The topological polar surface area (TPSA) is 64.9 Å². The summed E-state index contributed by atoms with van der Waals surface area (Å²) in [5.74, 6) is 0. The molecule has 0 unspecified atom stereocenters. The maximum Gasteiger partial charge on any atom is 0.262 e. The Morgan fingerprint density at radius 1 is 1.44 bits per heavy atom. The minimum absolute atomic E-state index is 0.622. The van der Waals surface area contributed by atoms with Crippen LogP contribution in [0, 0.1) is 6.92 Å². The molecule has 16 heavy (non-hydrogen) atoms. The van der Waals surface area contributed by atoms with Crippen molar-refractivity contribution in [1.82, 2.24) is 9.97 Å². The van der Waals surface area contributed by atoms with Crippen molar-refractivity contribution in [3.05, 3.63) is 35.9 Å². The normalized spacial score (nSPS) is 10.6. The van der Waals surface area contributed by atoms with Gasteiger partial charge in [-0.2, -0.15) is 0 Å². The first-order valence-corrected chi connectivity index (χ1v) is 5.84. The molecule has 4 nitrogen and oxygen atoms in total. The molecule has 5 heteroatoms. The molecule has 0 saturated carbocycles. The Kier molecular flexibility index (Phi) is 3.58. The van der Waals surface area contributed by atoms with E-state index in [2.05, 4.69) is 9.97 Å². The predicted octanol–water partition coefficient (Wildman–Crippen LogP) is 2.03. The van der Waals surface area contributed by atoms with E-state index in [-0.39, 0.29) is 0 Å². The zero-order chi connectivity index (χ0) is 11.4. The van der Waals surface area contributed by atoms with E-state index in [0.29, 0.717) is 11.8 Å². The standard InChI is InChI=1S/C11H13N3OS/c1-8-7-15-11(14-8)16-10-3-2-9(4-5-12)6-13-10/h2-3,6-7H,4-5,12H2,1H3. The number of aromatic nitrogens is 2. The van der Waals surface area contributed by atoms with Gasteiger partial charge in [0.15, 0.2) is 0 Å². The minimum Gasteiger partial charge on any atom is -0.439 e. The molecule has 2 aromatic heterocycles. The molecule has 0 saturated heterocycles. The van der Waals surface area contributed by atoms with Crippen LogP contribution in [0.15, 0.2) is 39.3 Å². The average molecular weight is 235 g/mol. The van der Waals surface area contributed by atoms with Crippen molar-refractivity contribution in [2.75, 3.05) is 6.54 Å². The van der Waals surface area contributed by atoms with Crippen LogP contribution in [0.25, 0.3) is 0 Å². The highest BCUT2D eigenvalue weighted by atomic mass is 32.2. The van der Waals surface area contributed by atoms with Gasteiger partial charge >= 0.3 is 0 Å². The molecule has 84 valence electrons. The van der Waals surface area contributed by atoms with E-state index < -0.39 is 0 Å². The molecule has 0 radical (unpaired) electrons. The minimum atomic E-state index is 0.622. The number of aryl methyl sites for hydroxylation is 1. The van der Waals surface area contributed by atoms with Crippen LogP contribution in [0.5, 0.6) is 0 Å². The summed E-state index contributed by atoms with van der Waals surface area (Å²) >= 11 is 1.42. The van der Waals surface area contributed by atoms with Gasteiger partial charge in [-0.3, -0.25) is 0 Å². The zero-order valence-corrected chi connectivity index (χ0v) is 9.83. The van der Waals surface area contributed by atoms with Gasteiger partial charge < -0.3 is 10.2 Å². The van der Waals surface area contributed by atoms with Crippen LogP contribution in [0.2, 0.25) is 0 Å². The first kappa shape index (κ1) is 11.2. The van der Waals surface area contributed by atoms with Crippen LogP contribution in [-0.2, 0) is 6.42 Å². The van der Waals surface area contributed by atoms with Gasteiger partial charge in [0.1, 0.15) is 11.3 Å². The number of pyridine rings is 1. The lowest BCUT2D eigenvalue weighted by Gasteiger charge is -1.99. The van der Waals surface area contributed by atoms with Gasteiger partial charge in [0, 0.05) is 6.20 Å². The second-order valence-corrected chi connectivity index (χ2v) is 4.37. The summed E-state index contributed by atoms with van der Waals surface area (Å²) < 4.78 is 5.24. The summed E-state index contributed by atoms with van der Waals surface area (Å²) in [5.41, 5.74) is 7.49. The van der Waals surface area contributed by atoms with Gasteiger partial charge in [-0.25, -0.2) is 9.97 Å². The summed E-state index contributed by atoms with van der Waals surface area (Å²) in [6.45, 7) is 2.54. The lowest BCUT2D eigenvalue weighted by Crippen LogP contribution is -2.02. The van der Waals surface area contributed by atoms with E-state index >= 15 is 0 Å². The molecule has 0 atom stereocenters. The third-order valence-electron chi connectivity index (χ3n) is 2.02. The second kappa shape index (κ2) is 5.14. The number of hydrogen-bond acceptors (Lipinski definition) is 5. The van der Waals surface area contributed by atoms with Crippen molar-refractivity contribution in [1.29, 1.82) is 0 Å². The summed E-state index contributed by atoms with van der Waals surface area (Å²) in [4.78, 5) is 8.51. The van der Waals surface area contributed by atoms with Gasteiger partial charge in [0.2, 0.25) is 0 Å². The lowest BCUT2D eigenvalue weighted by molar-refractivity contribution is 0.454. The lowest BCUT2D eigenvalue weighted by atomic mass is 10.2. The summed E-state index contributed by atoms with van der Waals surface area (Å²) in [5, 5.41) is 1.50. The number of hydrogen-bond donors (Lipinski definition) is 1. The monoisotopic (exact) mass is 235 g/mol. The number of oxazole rings is 1. The summed E-state index contributed by atoms with van der Waals surface area (Å²) in [6.07, 6.45) is 4.33. The number of rotatable bonds is 4.